The first-order valence-corrected chi connectivity index (χ1v) is 3.76. The second-order valence-electron chi connectivity index (χ2n) is 2.92. The molecule has 0 bridgehead atoms. The predicted octanol–water partition coefficient (Wildman–Crippen LogP) is 0.498. The van der Waals surface area contributed by atoms with Crippen molar-refractivity contribution in [3.63, 3.8) is 0 Å². The number of nitrogens with zero attached hydrogens (tertiary/aromatic N) is 2. The lowest BCUT2D eigenvalue weighted by Gasteiger charge is -1.99. The Labute approximate surface area is 68.8 Å². The van der Waals surface area contributed by atoms with Crippen molar-refractivity contribution in [2.45, 2.75) is 18.9 Å². The molecule has 12 heavy (non-hydrogen) atoms. The average Bonchev–Trinajstić information content (AvgIpc) is 2.75. The summed E-state index contributed by atoms with van der Waals surface area (Å²) in [4.78, 5) is 10.5. The third-order valence-electron chi connectivity index (χ3n) is 1.96. The average molecular weight is 167 g/mol. The van der Waals surface area contributed by atoms with Gasteiger partial charge in [-0.15, -0.1) is 0 Å². The van der Waals surface area contributed by atoms with Crippen LogP contribution in [-0.4, -0.2) is 20.9 Å². The molecule has 0 amide bonds. The Morgan fingerprint density at radius 2 is 2.42 bits per heavy atom. The number of hydrogen-bond donors (Lipinski definition) is 2. The molecular weight excluding hydrogens is 158 g/mol. The topological polar surface area (TPSA) is 81.1 Å². The highest BCUT2D eigenvalue weighted by atomic mass is 16.4. The maximum Gasteiger partial charge on any atom is 0.341 e. The van der Waals surface area contributed by atoms with Gasteiger partial charge in [-0.25, -0.2) is 9.48 Å². The maximum atomic E-state index is 10.5. The van der Waals surface area contributed by atoms with Crippen molar-refractivity contribution in [1.29, 1.82) is 0 Å². The normalized spacial score (nSPS) is 16.3. The van der Waals surface area contributed by atoms with Crippen molar-refractivity contribution >= 4 is 11.8 Å². The summed E-state index contributed by atoms with van der Waals surface area (Å²) in [6.45, 7) is 0. The number of carboxylic acids is 1. The fourth-order valence-corrected chi connectivity index (χ4v) is 1.15. The minimum atomic E-state index is -1.01. The smallest absolute Gasteiger partial charge is 0.341 e. The number of anilines is 1. The molecule has 1 aromatic rings. The minimum Gasteiger partial charge on any atom is -0.477 e. The molecule has 0 aromatic carbocycles. The number of aromatic nitrogens is 2. The van der Waals surface area contributed by atoms with Crippen LogP contribution in [0.3, 0.4) is 0 Å². The van der Waals surface area contributed by atoms with Gasteiger partial charge < -0.3 is 10.8 Å². The molecule has 5 heteroatoms. The number of aromatic carboxylic acids is 1. The fraction of sp³-hybridized carbons (Fsp3) is 0.429. The highest BCUT2D eigenvalue weighted by Crippen LogP contribution is 2.36. The van der Waals surface area contributed by atoms with Crippen LogP contribution in [0.15, 0.2) is 6.20 Å². The number of carboxylic acid groups (broad SMARTS) is 1. The van der Waals surface area contributed by atoms with Crippen LogP contribution in [0.1, 0.15) is 29.2 Å². The van der Waals surface area contributed by atoms with Crippen LogP contribution in [0.4, 0.5) is 5.82 Å². The Kier molecular flexibility index (Phi) is 1.33. The molecule has 1 aromatic heterocycles. The van der Waals surface area contributed by atoms with Crippen molar-refractivity contribution in [1.82, 2.24) is 9.78 Å². The zero-order valence-electron chi connectivity index (χ0n) is 6.40. The molecular formula is C7H9N3O2. The van der Waals surface area contributed by atoms with E-state index in [4.69, 9.17) is 10.8 Å². The van der Waals surface area contributed by atoms with Gasteiger partial charge in [0.2, 0.25) is 0 Å². The monoisotopic (exact) mass is 167 g/mol. The van der Waals surface area contributed by atoms with Gasteiger partial charge in [0.1, 0.15) is 11.4 Å². The van der Waals surface area contributed by atoms with Gasteiger partial charge in [0.25, 0.3) is 0 Å². The summed E-state index contributed by atoms with van der Waals surface area (Å²) < 4.78 is 1.59. The molecule has 1 aliphatic carbocycles. The Hall–Kier alpha value is -1.52. The number of nitrogen functional groups attached to an aromatic ring is 1. The molecule has 0 spiro atoms. The molecule has 64 valence electrons. The van der Waals surface area contributed by atoms with E-state index in [1.165, 1.54) is 6.20 Å². The van der Waals surface area contributed by atoms with Crippen molar-refractivity contribution < 1.29 is 9.90 Å². The quantitative estimate of drug-likeness (QED) is 0.672. The summed E-state index contributed by atoms with van der Waals surface area (Å²) in [5.41, 5.74) is 5.66. The predicted molar refractivity (Wildman–Crippen MR) is 41.9 cm³/mol. The van der Waals surface area contributed by atoms with Crippen molar-refractivity contribution in [2.75, 3.05) is 5.73 Å². The van der Waals surface area contributed by atoms with Gasteiger partial charge in [0, 0.05) is 0 Å². The summed E-state index contributed by atoms with van der Waals surface area (Å²) in [5.74, 6) is -0.746. The van der Waals surface area contributed by atoms with Gasteiger partial charge in [0.05, 0.1) is 12.2 Å². The lowest BCUT2D eigenvalue weighted by atomic mass is 10.3. The van der Waals surface area contributed by atoms with Gasteiger partial charge in [0.15, 0.2) is 0 Å². The van der Waals surface area contributed by atoms with Gasteiger partial charge in [-0.3, -0.25) is 0 Å². The lowest BCUT2D eigenvalue weighted by Crippen LogP contribution is -2.05. The molecule has 0 aliphatic heterocycles. The number of rotatable bonds is 2. The molecule has 0 saturated heterocycles. The van der Waals surface area contributed by atoms with E-state index in [-0.39, 0.29) is 11.4 Å². The zero-order valence-corrected chi connectivity index (χ0v) is 6.40. The van der Waals surface area contributed by atoms with Crippen molar-refractivity contribution in [3.8, 4) is 0 Å². The Bertz CT molecular complexity index is 327. The van der Waals surface area contributed by atoms with E-state index in [0.717, 1.165) is 12.8 Å². The molecule has 0 atom stereocenters. The molecule has 5 nitrogen and oxygen atoms in total. The van der Waals surface area contributed by atoms with E-state index in [1.807, 2.05) is 0 Å². The van der Waals surface area contributed by atoms with E-state index in [2.05, 4.69) is 5.10 Å². The third kappa shape index (κ3) is 0.939. The molecule has 1 heterocycles. The first-order chi connectivity index (χ1) is 5.70. The highest BCUT2D eigenvalue weighted by Gasteiger charge is 2.28. The Balaban J connectivity index is 2.39. The third-order valence-corrected chi connectivity index (χ3v) is 1.96. The van der Waals surface area contributed by atoms with Crippen LogP contribution in [0.25, 0.3) is 0 Å². The van der Waals surface area contributed by atoms with Crippen LogP contribution in [0.2, 0.25) is 0 Å². The second kappa shape index (κ2) is 2.23. The van der Waals surface area contributed by atoms with Crippen LogP contribution in [0, 0.1) is 0 Å². The summed E-state index contributed by atoms with van der Waals surface area (Å²) in [6, 6.07) is 0.332. The lowest BCUT2D eigenvalue weighted by molar-refractivity contribution is 0.0698. The van der Waals surface area contributed by atoms with Crippen LogP contribution in [0.5, 0.6) is 0 Å². The Morgan fingerprint density at radius 3 is 2.83 bits per heavy atom. The molecule has 0 unspecified atom stereocenters. The van der Waals surface area contributed by atoms with Gasteiger partial charge >= 0.3 is 5.97 Å². The minimum absolute atomic E-state index is 0.0990. The van der Waals surface area contributed by atoms with E-state index < -0.39 is 5.97 Å². The van der Waals surface area contributed by atoms with Gasteiger partial charge in [-0.05, 0) is 12.8 Å². The number of hydrogen-bond acceptors (Lipinski definition) is 3. The molecule has 0 radical (unpaired) electrons. The van der Waals surface area contributed by atoms with Gasteiger partial charge in [-0.2, -0.15) is 5.10 Å². The highest BCUT2D eigenvalue weighted by molar-refractivity contribution is 5.92. The molecule has 1 aliphatic rings. The summed E-state index contributed by atoms with van der Waals surface area (Å²) in [6.07, 6.45) is 3.39. The van der Waals surface area contributed by atoms with Gasteiger partial charge in [-0.1, -0.05) is 0 Å². The van der Waals surface area contributed by atoms with Crippen LogP contribution >= 0.6 is 0 Å². The number of nitrogens with two attached hydrogens (primary N) is 1. The van der Waals surface area contributed by atoms with Crippen LogP contribution in [-0.2, 0) is 0 Å². The SMILES string of the molecule is Nc1c(C(=O)O)cnn1C1CC1. The van der Waals surface area contributed by atoms with E-state index in [1.54, 1.807) is 4.68 Å². The summed E-state index contributed by atoms with van der Waals surface area (Å²) in [5, 5.41) is 12.6. The second-order valence-corrected chi connectivity index (χ2v) is 2.92. The maximum absolute atomic E-state index is 10.5. The van der Waals surface area contributed by atoms with E-state index >= 15 is 0 Å². The molecule has 1 saturated carbocycles. The molecule has 2 rings (SSSR count). The van der Waals surface area contributed by atoms with E-state index in [0.29, 0.717) is 6.04 Å². The van der Waals surface area contributed by atoms with Crippen LogP contribution < -0.4 is 5.73 Å². The first kappa shape index (κ1) is 7.15. The Morgan fingerprint density at radius 1 is 1.75 bits per heavy atom. The molecule has 3 N–H and O–H groups in total. The molecule has 1 fully saturated rings. The standard InChI is InChI=1S/C7H9N3O2/c8-6-5(7(11)12)3-9-10(6)4-1-2-4/h3-4H,1-2,8H2,(H,11,12). The fourth-order valence-electron chi connectivity index (χ4n) is 1.15. The first-order valence-electron chi connectivity index (χ1n) is 3.76. The van der Waals surface area contributed by atoms with E-state index in [9.17, 15) is 4.79 Å². The van der Waals surface area contributed by atoms with Crippen molar-refractivity contribution in [3.05, 3.63) is 11.8 Å². The zero-order chi connectivity index (χ0) is 8.72. The number of carbonyl (C=O) groups is 1. The summed E-state index contributed by atoms with van der Waals surface area (Å²) >= 11 is 0. The largest absolute Gasteiger partial charge is 0.477 e. The van der Waals surface area contributed by atoms with Crippen molar-refractivity contribution in [2.24, 2.45) is 0 Å². The summed E-state index contributed by atoms with van der Waals surface area (Å²) in [7, 11) is 0.